The predicted octanol–water partition coefficient (Wildman–Crippen LogP) is 3.51. The van der Waals surface area contributed by atoms with Crippen molar-refractivity contribution in [2.45, 2.75) is 63.0 Å². The zero-order valence-electron chi connectivity index (χ0n) is 21.8. The summed E-state index contributed by atoms with van der Waals surface area (Å²) in [5.74, 6) is 0.00916. The molecule has 1 aromatic heterocycles. The largest absolute Gasteiger partial charge is 0.487 e. The molecular weight excluding hydrogens is 490 g/mol. The molecule has 1 aliphatic carbocycles. The number of nitrogens with zero attached hydrogens (tertiary/aromatic N) is 3. The lowest BCUT2D eigenvalue weighted by atomic mass is 9.93. The summed E-state index contributed by atoms with van der Waals surface area (Å²) in [6.45, 7) is 3.82. The Hall–Kier alpha value is -2.75. The second kappa shape index (κ2) is 11.8. The van der Waals surface area contributed by atoms with Gasteiger partial charge >= 0.3 is 0 Å². The predicted molar refractivity (Wildman–Crippen MR) is 142 cm³/mol. The number of carbonyl (C=O) groups excluding carboxylic acids is 1. The molecule has 0 saturated carbocycles. The van der Waals surface area contributed by atoms with Gasteiger partial charge in [0.15, 0.2) is 0 Å². The highest BCUT2D eigenvalue weighted by atomic mass is 32.2. The summed E-state index contributed by atoms with van der Waals surface area (Å²) < 4.78 is 35.2. The van der Waals surface area contributed by atoms with Crippen LogP contribution in [0, 0.1) is 5.92 Å². The molecule has 1 N–H and O–H groups in total. The molecule has 4 rings (SSSR count). The van der Waals surface area contributed by atoms with Gasteiger partial charge in [-0.25, -0.2) is 8.42 Å². The van der Waals surface area contributed by atoms with Gasteiger partial charge in [0.2, 0.25) is 15.9 Å². The van der Waals surface area contributed by atoms with Crippen molar-refractivity contribution in [1.82, 2.24) is 14.2 Å². The Bertz CT molecular complexity index is 1230. The summed E-state index contributed by atoms with van der Waals surface area (Å²) in [5, 5.41) is 9.85. The molecule has 1 aromatic carbocycles. The Morgan fingerprint density at radius 2 is 2.00 bits per heavy atom. The number of allylic oxidation sites excluding steroid dienone is 2. The van der Waals surface area contributed by atoms with E-state index in [0.29, 0.717) is 12.3 Å². The number of hydrogen-bond acceptors (Lipinski definition) is 6. The first kappa shape index (κ1) is 27.3. The van der Waals surface area contributed by atoms with E-state index in [0.717, 1.165) is 36.8 Å². The summed E-state index contributed by atoms with van der Waals surface area (Å²) in [7, 11) is -2.16. The van der Waals surface area contributed by atoms with E-state index in [-0.39, 0.29) is 36.3 Å². The normalized spacial score (nSPS) is 22.5. The van der Waals surface area contributed by atoms with Crippen LogP contribution in [0.15, 0.2) is 53.7 Å². The fourth-order valence-corrected chi connectivity index (χ4v) is 6.75. The quantitative estimate of drug-likeness (QED) is 0.592. The van der Waals surface area contributed by atoms with Gasteiger partial charge in [-0.3, -0.25) is 9.78 Å². The van der Waals surface area contributed by atoms with E-state index in [2.05, 4.69) is 11.1 Å². The second-order valence-electron chi connectivity index (χ2n) is 10.2. The SMILES string of the molecule is C[C@@H]1CN([C@H](C)CO)S(=O)(=O)c2ccc(C3=CCCCC3)cc2O[C@@H]1CN(C)C(=O)Cc1ccncc1. The maximum Gasteiger partial charge on any atom is 0.247 e. The van der Waals surface area contributed by atoms with E-state index in [4.69, 9.17) is 4.74 Å². The summed E-state index contributed by atoms with van der Waals surface area (Å²) in [6.07, 6.45) is 9.58. The van der Waals surface area contributed by atoms with E-state index in [9.17, 15) is 18.3 Å². The molecule has 9 heteroatoms. The molecule has 1 aliphatic heterocycles. The number of ether oxygens (including phenoxy) is 1. The molecule has 2 aliphatic rings. The first-order valence-electron chi connectivity index (χ1n) is 13.0. The lowest BCUT2D eigenvalue weighted by molar-refractivity contribution is -0.130. The summed E-state index contributed by atoms with van der Waals surface area (Å²) in [5.41, 5.74) is 3.04. The fourth-order valence-electron chi connectivity index (χ4n) is 4.93. The Balaban J connectivity index is 1.67. The smallest absolute Gasteiger partial charge is 0.247 e. The van der Waals surface area contributed by atoms with Gasteiger partial charge in [-0.2, -0.15) is 4.31 Å². The van der Waals surface area contributed by atoms with Crippen molar-refractivity contribution >= 4 is 21.5 Å². The van der Waals surface area contributed by atoms with Gasteiger partial charge in [0.05, 0.1) is 19.6 Å². The average molecular weight is 528 g/mol. The van der Waals surface area contributed by atoms with E-state index in [1.54, 1.807) is 37.3 Å². The molecule has 3 atom stereocenters. The molecule has 2 heterocycles. The Morgan fingerprint density at radius 3 is 2.68 bits per heavy atom. The molecule has 0 saturated heterocycles. The van der Waals surface area contributed by atoms with Crippen LogP contribution < -0.4 is 4.74 Å². The highest BCUT2D eigenvalue weighted by Gasteiger charge is 2.38. The number of aliphatic hydroxyl groups is 1. The molecule has 0 fully saturated rings. The number of carbonyl (C=O) groups is 1. The Kier molecular flexibility index (Phi) is 8.67. The molecule has 2 aromatic rings. The third kappa shape index (κ3) is 6.22. The molecule has 37 heavy (non-hydrogen) atoms. The van der Waals surface area contributed by atoms with Crippen LogP contribution in [0.2, 0.25) is 0 Å². The summed E-state index contributed by atoms with van der Waals surface area (Å²) >= 11 is 0. The van der Waals surface area contributed by atoms with Gasteiger partial charge in [0, 0.05) is 37.9 Å². The maximum absolute atomic E-state index is 13.7. The van der Waals surface area contributed by atoms with Gasteiger partial charge in [0.1, 0.15) is 16.7 Å². The number of aliphatic hydroxyl groups excluding tert-OH is 1. The van der Waals surface area contributed by atoms with Crippen molar-refractivity contribution in [3.05, 3.63) is 59.9 Å². The molecule has 0 spiro atoms. The van der Waals surface area contributed by atoms with Gasteiger partial charge in [0.25, 0.3) is 0 Å². The fraction of sp³-hybridized carbons (Fsp3) is 0.500. The van der Waals surface area contributed by atoms with Crippen molar-refractivity contribution in [3.8, 4) is 5.75 Å². The van der Waals surface area contributed by atoms with Crippen LogP contribution in [-0.2, 0) is 21.2 Å². The standard InChI is InChI=1S/C28H37N3O5S/c1-20-17-31(21(2)19-32)37(34,35)27-10-9-24(23-7-5-4-6-8-23)16-25(27)36-26(20)18-30(3)28(33)15-22-11-13-29-14-12-22/h7,9-14,16,20-21,26,32H,4-6,8,15,17-19H2,1-3H3/t20-,21-,26-/m1/s1. The minimum Gasteiger partial charge on any atom is -0.487 e. The Morgan fingerprint density at radius 1 is 1.24 bits per heavy atom. The number of sulfonamides is 1. The molecular formula is C28H37N3O5S. The monoisotopic (exact) mass is 527 g/mol. The highest BCUT2D eigenvalue weighted by molar-refractivity contribution is 7.89. The van der Waals surface area contributed by atoms with Crippen LogP contribution in [0.25, 0.3) is 5.57 Å². The highest BCUT2D eigenvalue weighted by Crippen LogP contribution is 2.37. The molecule has 0 bridgehead atoms. The van der Waals surface area contributed by atoms with Crippen LogP contribution in [-0.4, -0.2) is 72.5 Å². The van der Waals surface area contributed by atoms with Crippen molar-refractivity contribution in [1.29, 1.82) is 0 Å². The van der Waals surface area contributed by atoms with Crippen LogP contribution >= 0.6 is 0 Å². The molecule has 0 unspecified atom stereocenters. The number of fused-ring (bicyclic) bond motifs is 1. The van der Waals surface area contributed by atoms with Crippen molar-refractivity contribution in [2.24, 2.45) is 5.92 Å². The van der Waals surface area contributed by atoms with Crippen LogP contribution in [0.3, 0.4) is 0 Å². The van der Waals surface area contributed by atoms with Gasteiger partial charge in [-0.1, -0.05) is 19.1 Å². The number of aromatic nitrogens is 1. The van der Waals surface area contributed by atoms with Crippen LogP contribution in [0.4, 0.5) is 0 Å². The van der Waals surface area contributed by atoms with E-state index < -0.39 is 22.2 Å². The maximum atomic E-state index is 13.7. The van der Waals surface area contributed by atoms with E-state index in [1.807, 2.05) is 31.2 Å². The summed E-state index contributed by atoms with van der Waals surface area (Å²) in [4.78, 5) is 18.7. The lowest BCUT2D eigenvalue weighted by Crippen LogP contribution is -2.50. The van der Waals surface area contributed by atoms with Gasteiger partial charge in [-0.05, 0) is 73.6 Å². The van der Waals surface area contributed by atoms with Crippen molar-refractivity contribution in [3.63, 3.8) is 0 Å². The second-order valence-corrected chi connectivity index (χ2v) is 12.0. The number of benzene rings is 1. The average Bonchev–Trinajstić information content (AvgIpc) is 2.91. The first-order chi connectivity index (χ1) is 17.7. The molecule has 1 amide bonds. The third-order valence-electron chi connectivity index (χ3n) is 7.31. The van der Waals surface area contributed by atoms with E-state index in [1.165, 1.54) is 9.88 Å². The zero-order chi connectivity index (χ0) is 26.6. The molecule has 8 nitrogen and oxygen atoms in total. The van der Waals surface area contributed by atoms with Gasteiger partial charge < -0.3 is 14.7 Å². The lowest BCUT2D eigenvalue weighted by Gasteiger charge is -2.37. The van der Waals surface area contributed by atoms with Crippen molar-refractivity contribution in [2.75, 3.05) is 26.7 Å². The van der Waals surface area contributed by atoms with E-state index >= 15 is 0 Å². The Labute approximate surface area is 220 Å². The minimum atomic E-state index is -3.90. The molecule has 200 valence electrons. The van der Waals surface area contributed by atoms with Gasteiger partial charge in [-0.15, -0.1) is 0 Å². The van der Waals surface area contributed by atoms with Crippen LogP contribution in [0.5, 0.6) is 5.75 Å². The summed E-state index contributed by atoms with van der Waals surface area (Å²) in [6, 6.07) is 8.34. The molecule has 0 radical (unpaired) electrons. The number of pyridine rings is 1. The number of rotatable bonds is 7. The first-order valence-corrected chi connectivity index (χ1v) is 14.4. The topological polar surface area (TPSA) is 100 Å². The zero-order valence-corrected chi connectivity index (χ0v) is 22.7. The minimum absolute atomic E-state index is 0.0569. The third-order valence-corrected chi connectivity index (χ3v) is 9.33. The number of hydrogen-bond donors (Lipinski definition) is 1. The number of amides is 1. The van der Waals surface area contributed by atoms with Crippen molar-refractivity contribution < 1.29 is 23.1 Å². The van der Waals surface area contributed by atoms with Crippen LogP contribution in [0.1, 0.15) is 50.7 Å². The number of likely N-dealkylation sites (N-methyl/N-ethyl adjacent to an activating group) is 1.